The number of pyridine rings is 1. The van der Waals surface area contributed by atoms with Gasteiger partial charge in [-0.05, 0) is 41.5 Å². The molecule has 2 aromatic carbocycles. The minimum Gasteiger partial charge on any atom is -0.497 e. The molecule has 23 heavy (non-hydrogen) atoms. The summed E-state index contributed by atoms with van der Waals surface area (Å²) < 4.78 is 29.5. The molecule has 0 bridgehead atoms. The summed E-state index contributed by atoms with van der Waals surface area (Å²) in [5, 5.41) is 5.95. The second-order valence-electron chi connectivity index (χ2n) is 4.97. The Balaban J connectivity index is 2.03. The van der Waals surface area contributed by atoms with Crippen molar-refractivity contribution in [1.82, 2.24) is 4.98 Å². The van der Waals surface area contributed by atoms with Crippen molar-refractivity contribution in [3.8, 4) is 16.9 Å². The number of hydrogen-bond donors (Lipinski definition) is 2. The molecule has 3 rings (SSSR count). The van der Waals surface area contributed by atoms with E-state index in [4.69, 9.17) is 9.88 Å². The van der Waals surface area contributed by atoms with Crippen LogP contribution in [0.15, 0.2) is 54.7 Å². The second-order valence-corrected chi connectivity index (χ2v) is 6.26. The molecule has 0 atom stereocenters. The lowest BCUT2D eigenvalue weighted by molar-refractivity contribution is 0.415. The predicted octanol–water partition coefficient (Wildman–Crippen LogP) is 2.53. The SMILES string of the molecule is COc1ccc2c(-c3ccc(NS(N)(=O)=O)cc3)ccnc2c1. The molecule has 3 N–H and O–H groups in total. The van der Waals surface area contributed by atoms with E-state index in [0.29, 0.717) is 5.69 Å². The summed E-state index contributed by atoms with van der Waals surface area (Å²) in [5.74, 6) is 0.745. The van der Waals surface area contributed by atoms with Crippen LogP contribution in [0.1, 0.15) is 0 Å². The topological polar surface area (TPSA) is 94.3 Å². The first-order valence-corrected chi connectivity index (χ1v) is 8.35. The largest absolute Gasteiger partial charge is 0.497 e. The van der Waals surface area contributed by atoms with Crippen molar-refractivity contribution in [2.24, 2.45) is 5.14 Å². The van der Waals surface area contributed by atoms with E-state index in [1.54, 1.807) is 25.4 Å². The van der Waals surface area contributed by atoms with Crippen molar-refractivity contribution in [2.75, 3.05) is 11.8 Å². The van der Waals surface area contributed by atoms with E-state index in [1.807, 2.05) is 36.4 Å². The number of hydrogen-bond acceptors (Lipinski definition) is 4. The van der Waals surface area contributed by atoms with Crippen LogP contribution in [-0.2, 0) is 10.2 Å². The molecule has 6 nitrogen and oxygen atoms in total. The molecule has 0 aliphatic heterocycles. The van der Waals surface area contributed by atoms with Crippen molar-refractivity contribution in [3.63, 3.8) is 0 Å². The minimum atomic E-state index is -3.77. The van der Waals surface area contributed by atoms with Crippen LogP contribution in [0.5, 0.6) is 5.75 Å². The van der Waals surface area contributed by atoms with Gasteiger partial charge in [-0.3, -0.25) is 9.71 Å². The van der Waals surface area contributed by atoms with Crippen molar-refractivity contribution in [3.05, 3.63) is 54.7 Å². The van der Waals surface area contributed by atoms with Crippen LogP contribution in [0.4, 0.5) is 5.69 Å². The summed E-state index contributed by atoms with van der Waals surface area (Å²) in [7, 11) is -2.16. The van der Waals surface area contributed by atoms with E-state index in [0.717, 1.165) is 27.8 Å². The van der Waals surface area contributed by atoms with Crippen LogP contribution in [0.2, 0.25) is 0 Å². The fraction of sp³-hybridized carbons (Fsp3) is 0.0625. The number of methoxy groups -OCH3 is 1. The minimum absolute atomic E-state index is 0.413. The molecule has 0 aliphatic carbocycles. The van der Waals surface area contributed by atoms with Gasteiger partial charge in [0.2, 0.25) is 0 Å². The molecule has 0 aliphatic rings. The maximum absolute atomic E-state index is 11.0. The van der Waals surface area contributed by atoms with Gasteiger partial charge in [0.05, 0.1) is 12.6 Å². The highest BCUT2D eigenvalue weighted by atomic mass is 32.2. The molecule has 0 spiro atoms. The van der Waals surface area contributed by atoms with E-state index in [9.17, 15) is 8.42 Å². The molecule has 1 aromatic heterocycles. The average molecular weight is 329 g/mol. The van der Waals surface area contributed by atoms with Gasteiger partial charge >= 0.3 is 0 Å². The second kappa shape index (κ2) is 5.86. The molecule has 3 aromatic rings. The van der Waals surface area contributed by atoms with Crippen molar-refractivity contribution < 1.29 is 13.2 Å². The van der Waals surface area contributed by atoms with E-state index < -0.39 is 10.2 Å². The molecule has 0 unspecified atom stereocenters. The lowest BCUT2D eigenvalue weighted by Crippen LogP contribution is -2.21. The predicted molar refractivity (Wildman–Crippen MR) is 90.5 cm³/mol. The van der Waals surface area contributed by atoms with Crippen molar-refractivity contribution in [1.29, 1.82) is 0 Å². The Morgan fingerprint density at radius 3 is 2.48 bits per heavy atom. The molecule has 0 fully saturated rings. The maximum atomic E-state index is 11.0. The Labute approximate surface area is 134 Å². The Morgan fingerprint density at radius 2 is 1.83 bits per heavy atom. The van der Waals surface area contributed by atoms with Crippen LogP contribution in [0.25, 0.3) is 22.0 Å². The number of anilines is 1. The third kappa shape index (κ3) is 3.41. The number of aromatic nitrogens is 1. The zero-order chi connectivity index (χ0) is 16.4. The first-order chi connectivity index (χ1) is 11.0. The van der Waals surface area contributed by atoms with E-state index >= 15 is 0 Å². The van der Waals surface area contributed by atoms with Gasteiger partial charge < -0.3 is 4.74 Å². The molecule has 0 radical (unpaired) electrons. The number of nitrogens with two attached hydrogens (primary N) is 1. The average Bonchev–Trinajstić information content (AvgIpc) is 2.53. The van der Waals surface area contributed by atoms with Crippen LogP contribution in [-0.4, -0.2) is 20.5 Å². The fourth-order valence-corrected chi connectivity index (χ4v) is 2.85. The summed E-state index contributed by atoms with van der Waals surface area (Å²) in [5.41, 5.74) is 3.19. The van der Waals surface area contributed by atoms with Crippen molar-refractivity contribution in [2.45, 2.75) is 0 Å². The Kier molecular flexibility index (Phi) is 3.89. The zero-order valence-corrected chi connectivity index (χ0v) is 13.2. The van der Waals surface area contributed by atoms with Crippen molar-refractivity contribution >= 4 is 26.8 Å². The molecule has 0 amide bonds. The summed E-state index contributed by atoms with van der Waals surface area (Å²) in [6.45, 7) is 0. The van der Waals surface area contributed by atoms with Crippen LogP contribution < -0.4 is 14.6 Å². The summed E-state index contributed by atoms with van der Waals surface area (Å²) in [6, 6.07) is 14.6. The third-order valence-electron chi connectivity index (χ3n) is 3.41. The monoisotopic (exact) mass is 329 g/mol. The standard InChI is InChI=1S/C16H15N3O3S/c1-22-13-6-7-15-14(8-9-18-16(15)10-13)11-2-4-12(5-3-11)19-23(17,20)21/h2-10,19H,1H3,(H2,17,20,21). The molecule has 7 heteroatoms. The molecular formula is C16H15N3O3S. The van der Waals surface area contributed by atoms with Crippen LogP contribution in [0, 0.1) is 0 Å². The summed E-state index contributed by atoms with van der Waals surface area (Å²) in [4.78, 5) is 4.35. The quantitative estimate of drug-likeness (QED) is 0.769. The molecule has 118 valence electrons. The Hall–Kier alpha value is -2.64. The smallest absolute Gasteiger partial charge is 0.296 e. The zero-order valence-electron chi connectivity index (χ0n) is 12.4. The number of nitrogens with zero attached hydrogens (tertiary/aromatic N) is 1. The number of ether oxygens (including phenoxy) is 1. The first-order valence-electron chi connectivity index (χ1n) is 6.80. The number of rotatable bonds is 4. The normalized spacial score (nSPS) is 11.4. The van der Waals surface area contributed by atoms with Gasteiger partial charge in [-0.2, -0.15) is 8.42 Å². The molecular weight excluding hydrogens is 314 g/mol. The Bertz CT molecular complexity index is 954. The van der Waals surface area contributed by atoms with Crippen LogP contribution in [0.3, 0.4) is 0 Å². The number of benzene rings is 2. The lowest BCUT2D eigenvalue weighted by Gasteiger charge is -2.09. The highest BCUT2D eigenvalue weighted by Gasteiger charge is 2.07. The maximum Gasteiger partial charge on any atom is 0.296 e. The van der Waals surface area contributed by atoms with Crippen LogP contribution >= 0.6 is 0 Å². The van der Waals surface area contributed by atoms with Gasteiger partial charge in [0.25, 0.3) is 10.2 Å². The Morgan fingerprint density at radius 1 is 1.09 bits per heavy atom. The van der Waals surface area contributed by atoms with Gasteiger partial charge in [0.15, 0.2) is 0 Å². The van der Waals surface area contributed by atoms with Gasteiger partial charge in [0, 0.05) is 23.3 Å². The lowest BCUT2D eigenvalue weighted by atomic mass is 10.0. The van der Waals surface area contributed by atoms with Gasteiger partial charge in [-0.15, -0.1) is 0 Å². The van der Waals surface area contributed by atoms with E-state index in [1.165, 1.54) is 0 Å². The summed E-state index contributed by atoms with van der Waals surface area (Å²) in [6.07, 6.45) is 1.73. The van der Waals surface area contributed by atoms with Gasteiger partial charge in [-0.1, -0.05) is 12.1 Å². The molecule has 0 saturated heterocycles. The van der Waals surface area contributed by atoms with E-state index in [2.05, 4.69) is 9.71 Å². The first kappa shape index (κ1) is 15.3. The highest BCUT2D eigenvalue weighted by molar-refractivity contribution is 7.90. The molecule has 0 saturated carbocycles. The molecule has 1 heterocycles. The van der Waals surface area contributed by atoms with E-state index in [-0.39, 0.29) is 0 Å². The van der Waals surface area contributed by atoms with Gasteiger partial charge in [-0.25, -0.2) is 5.14 Å². The highest BCUT2D eigenvalue weighted by Crippen LogP contribution is 2.30. The third-order valence-corrected chi connectivity index (χ3v) is 3.93. The fourth-order valence-electron chi connectivity index (χ4n) is 2.39. The number of nitrogens with one attached hydrogen (secondary N) is 1. The van der Waals surface area contributed by atoms with Gasteiger partial charge in [0.1, 0.15) is 5.75 Å². The summed E-state index contributed by atoms with van der Waals surface area (Å²) >= 11 is 0. The number of fused-ring (bicyclic) bond motifs is 1.